The lowest BCUT2D eigenvalue weighted by molar-refractivity contribution is 0.467. The van der Waals surface area contributed by atoms with E-state index >= 15 is 0 Å². The first-order valence-corrected chi connectivity index (χ1v) is 8.47. The van der Waals surface area contributed by atoms with Crippen LogP contribution in [-0.2, 0) is 16.6 Å². The van der Waals surface area contributed by atoms with Crippen molar-refractivity contribution in [2.45, 2.75) is 11.4 Å². The normalized spacial score (nSPS) is 11.8. The van der Waals surface area contributed by atoms with Gasteiger partial charge in [-0.25, -0.2) is 8.42 Å². The Balaban J connectivity index is 2.30. The van der Waals surface area contributed by atoms with Crippen molar-refractivity contribution < 1.29 is 8.42 Å². The van der Waals surface area contributed by atoms with Crippen molar-refractivity contribution in [3.8, 4) is 0 Å². The van der Waals surface area contributed by atoms with Crippen LogP contribution in [0.15, 0.2) is 57.9 Å². The van der Waals surface area contributed by atoms with Gasteiger partial charge in [-0.05, 0) is 23.8 Å². The monoisotopic (exact) mass is 373 g/mol. The summed E-state index contributed by atoms with van der Waals surface area (Å²) in [6.07, 6.45) is 0. The molecule has 0 saturated carbocycles. The zero-order valence-corrected chi connectivity index (χ0v) is 13.9. The predicted molar refractivity (Wildman–Crippen MR) is 84.2 cm³/mol. The summed E-state index contributed by atoms with van der Waals surface area (Å²) in [5, 5.41) is 0.208. The Morgan fingerprint density at radius 1 is 1.15 bits per heavy atom. The van der Waals surface area contributed by atoms with E-state index in [2.05, 4.69) is 15.9 Å². The van der Waals surface area contributed by atoms with Crippen molar-refractivity contribution in [1.82, 2.24) is 4.31 Å². The maximum Gasteiger partial charge on any atom is 0.244 e. The molecule has 0 aliphatic rings. The molecule has 106 valence electrons. The van der Waals surface area contributed by atoms with Gasteiger partial charge in [0.15, 0.2) is 0 Å². The predicted octanol–water partition coefficient (Wildman–Crippen LogP) is 3.92. The van der Waals surface area contributed by atoms with Crippen LogP contribution >= 0.6 is 27.5 Å². The summed E-state index contributed by atoms with van der Waals surface area (Å²) in [5.74, 6) is 0. The summed E-state index contributed by atoms with van der Waals surface area (Å²) in [4.78, 5) is 0.112. The molecule has 0 aliphatic carbocycles. The molecule has 3 nitrogen and oxygen atoms in total. The molecule has 2 rings (SSSR count). The molecule has 0 heterocycles. The van der Waals surface area contributed by atoms with Crippen molar-refractivity contribution in [2.24, 2.45) is 0 Å². The fourth-order valence-electron chi connectivity index (χ4n) is 1.78. The summed E-state index contributed by atoms with van der Waals surface area (Å²) in [6, 6.07) is 14.2. The quantitative estimate of drug-likeness (QED) is 0.813. The van der Waals surface area contributed by atoms with Crippen LogP contribution in [0, 0.1) is 0 Å². The van der Waals surface area contributed by atoms with Gasteiger partial charge >= 0.3 is 0 Å². The van der Waals surface area contributed by atoms with Crippen molar-refractivity contribution in [2.75, 3.05) is 7.05 Å². The topological polar surface area (TPSA) is 37.4 Å². The Kier molecular flexibility index (Phi) is 4.86. The van der Waals surface area contributed by atoms with Gasteiger partial charge in [-0.2, -0.15) is 4.31 Å². The Labute approximate surface area is 132 Å². The average molecular weight is 375 g/mol. The van der Waals surface area contributed by atoms with Crippen LogP contribution < -0.4 is 0 Å². The first-order valence-electron chi connectivity index (χ1n) is 5.86. The van der Waals surface area contributed by atoms with Gasteiger partial charge in [-0.3, -0.25) is 0 Å². The first kappa shape index (κ1) is 15.5. The van der Waals surface area contributed by atoms with Crippen molar-refractivity contribution in [1.29, 1.82) is 0 Å². The van der Waals surface area contributed by atoms with E-state index in [-0.39, 0.29) is 9.92 Å². The third-order valence-corrected chi connectivity index (χ3v) is 5.61. The number of sulfonamides is 1. The number of halogens is 2. The molecule has 0 amide bonds. The minimum Gasteiger partial charge on any atom is -0.207 e. The molecule has 0 saturated heterocycles. The molecule has 2 aromatic carbocycles. The Morgan fingerprint density at radius 3 is 2.40 bits per heavy atom. The highest BCUT2D eigenvalue weighted by Crippen LogP contribution is 2.27. The zero-order chi connectivity index (χ0) is 14.8. The van der Waals surface area contributed by atoms with Crippen LogP contribution in [0.2, 0.25) is 5.02 Å². The molecule has 0 radical (unpaired) electrons. The minimum atomic E-state index is -3.60. The highest BCUT2D eigenvalue weighted by molar-refractivity contribution is 9.10. The van der Waals surface area contributed by atoms with Crippen molar-refractivity contribution >= 4 is 37.6 Å². The summed E-state index contributed by atoms with van der Waals surface area (Å²) >= 11 is 9.29. The zero-order valence-electron chi connectivity index (χ0n) is 10.8. The fourth-order valence-corrected chi connectivity index (χ4v) is 3.94. The summed E-state index contributed by atoms with van der Waals surface area (Å²) < 4.78 is 27.0. The molecule has 0 aromatic heterocycles. The number of benzene rings is 2. The summed E-state index contributed by atoms with van der Waals surface area (Å²) in [7, 11) is -2.06. The first-order chi connectivity index (χ1) is 9.41. The second-order valence-corrected chi connectivity index (χ2v) is 7.66. The molecular formula is C14H13BrClNO2S. The van der Waals surface area contributed by atoms with E-state index in [0.29, 0.717) is 6.54 Å². The van der Waals surface area contributed by atoms with E-state index in [9.17, 15) is 8.42 Å². The molecule has 0 spiro atoms. The van der Waals surface area contributed by atoms with Gasteiger partial charge in [-0.15, -0.1) is 0 Å². The Bertz CT molecular complexity index is 704. The second-order valence-electron chi connectivity index (χ2n) is 4.32. The highest BCUT2D eigenvalue weighted by atomic mass is 79.9. The molecule has 20 heavy (non-hydrogen) atoms. The van der Waals surface area contributed by atoms with Gasteiger partial charge in [0.2, 0.25) is 10.0 Å². The Morgan fingerprint density at radius 2 is 1.80 bits per heavy atom. The molecule has 0 fully saturated rings. The molecule has 6 heteroatoms. The standard InChI is InChI=1S/C14H13BrClNO2S/c1-17(10-11-5-3-2-4-6-11)20(18,19)14-8-7-12(15)9-13(14)16/h2-9H,10H2,1H3. The van der Waals surface area contributed by atoms with Gasteiger partial charge in [0.25, 0.3) is 0 Å². The molecule has 0 unspecified atom stereocenters. The maximum absolute atomic E-state index is 12.5. The third kappa shape index (κ3) is 3.41. The number of rotatable bonds is 4. The van der Waals surface area contributed by atoms with Gasteiger partial charge < -0.3 is 0 Å². The van der Waals surface area contributed by atoms with Crippen LogP contribution in [0.3, 0.4) is 0 Å². The van der Waals surface area contributed by atoms with Crippen LogP contribution in [0.4, 0.5) is 0 Å². The van der Waals surface area contributed by atoms with E-state index in [1.54, 1.807) is 19.2 Å². The molecule has 0 N–H and O–H groups in total. The van der Waals surface area contributed by atoms with Crippen LogP contribution in [0.5, 0.6) is 0 Å². The van der Waals surface area contributed by atoms with Crippen molar-refractivity contribution in [3.63, 3.8) is 0 Å². The molecular weight excluding hydrogens is 362 g/mol. The third-order valence-electron chi connectivity index (χ3n) is 2.83. The van der Waals surface area contributed by atoms with Crippen molar-refractivity contribution in [3.05, 3.63) is 63.6 Å². The molecule has 2 aromatic rings. The number of hydrogen-bond acceptors (Lipinski definition) is 2. The lowest BCUT2D eigenvalue weighted by atomic mass is 10.2. The highest BCUT2D eigenvalue weighted by Gasteiger charge is 2.23. The summed E-state index contributed by atoms with van der Waals surface area (Å²) in [5.41, 5.74) is 0.923. The Hall–Kier alpha value is -0.880. The van der Waals surface area contributed by atoms with Gasteiger partial charge in [-0.1, -0.05) is 57.9 Å². The lowest BCUT2D eigenvalue weighted by Crippen LogP contribution is -2.26. The fraction of sp³-hybridized carbons (Fsp3) is 0.143. The van der Waals surface area contributed by atoms with E-state index in [1.807, 2.05) is 30.3 Å². The van der Waals surface area contributed by atoms with E-state index in [1.165, 1.54) is 10.4 Å². The number of hydrogen-bond donors (Lipinski definition) is 0. The van der Waals surface area contributed by atoms with E-state index < -0.39 is 10.0 Å². The van der Waals surface area contributed by atoms with Crippen LogP contribution in [0.1, 0.15) is 5.56 Å². The van der Waals surface area contributed by atoms with E-state index in [4.69, 9.17) is 11.6 Å². The summed E-state index contributed by atoms with van der Waals surface area (Å²) in [6.45, 7) is 0.301. The smallest absolute Gasteiger partial charge is 0.207 e. The maximum atomic E-state index is 12.5. The largest absolute Gasteiger partial charge is 0.244 e. The van der Waals surface area contributed by atoms with Gasteiger partial charge in [0.1, 0.15) is 4.90 Å². The van der Waals surface area contributed by atoms with E-state index in [0.717, 1.165) is 10.0 Å². The average Bonchev–Trinajstić information content (AvgIpc) is 2.39. The SMILES string of the molecule is CN(Cc1ccccc1)S(=O)(=O)c1ccc(Br)cc1Cl. The van der Waals surface area contributed by atoms with Gasteiger partial charge in [0.05, 0.1) is 5.02 Å². The second kappa shape index (κ2) is 6.26. The van der Waals surface area contributed by atoms with Crippen LogP contribution in [0.25, 0.3) is 0 Å². The molecule has 0 atom stereocenters. The molecule has 0 aliphatic heterocycles. The number of nitrogens with zero attached hydrogens (tertiary/aromatic N) is 1. The minimum absolute atomic E-state index is 0.112. The molecule has 0 bridgehead atoms. The lowest BCUT2D eigenvalue weighted by Gasteiger charge is -2.18. The van der Waals surface area contributed by atoms with Gasteiger partial charge in [0, 0.05) is 18.1 Å². The van der Waals surface area contributed by atoms with Crippen LogP contribution in [-0.4, -0.2) is 19.8 Å².